The maximum atomic E-state index is 10.7. The predicted octanol–water partition coefficient (Wildman–Crippen LogP) is 6.47. The van der Waals surface area contributed by atoms with Gasteiger partial charge in [-0.15, -0.1) is 0 Å². The highest BCUT2D eigenvalue weighted by molar-refractivity contribution is 9.10. The van der Waals surface area contributed by atoms with Crippen molar-refractivity contribution in [1.82, 2.24) is 9.97 Å². The SMILES string of the molecule is N#C/C(=C\c1ccc(OCc2ccc([N+](=O)[O-])cc2)c(Br)c1)Sc1nc2ccccc2[nH]1. The number of allylic oxidation sites excluding steroid dienone is 1. The molecule has 7 nitrogen and oxygen atoms in total. The van der Waals surface area contributed by atoms with Crippen LogP contribution in [0.3, 0.4) is 0 Å². The number of H-pyrrole nitrogens is 1. The summed E-state index contributed by atoms with van der Waals surface area (Å²) >= 11 is 4.77. The van der Waals surface area contributed by atoms with E-state index in [9.17, 15) is 15.4 Å². The van der Waals surface area contributed by atoms with Crippen LogP contribution in [0.2, 0.25) is 0 Å². The molecule has 3 aromatic carbocycles. The Balaban J connectivity index is 1.44. The van der Waals surface area contributed by atoms with E-state index in [0.29, 0.717) is 15.8 Å². The first-order chi connectivity index (χ1) is 15.5. The third-order valence-electron chi connectivity index (χ3n) is 4.48. The van der Waals surface area contributed by atoms with E-state index in [1.54, 1.807) is 18.2 Å². The number of imidazole rings is 1. The van der Waals surface area contributed by atoms with Gasteiger partial charge in [0.05, 0.1) is 25.3 Å². The number of nitrogens with zero attached hydrogens (tertiary/aromatic N) is 3. The van der Waals surface area contributed by atoms with Gasteiger partial charge in [-0.1, -0.05) is 18.2 Å². The van der Waals surface area contributed by atoms with Crippen molar-refractivity contribution in [3.8, 4) is 11.8 Å². The number of hydrogen-bond donors (Lipinski definition) is 1. The smallest absolute Gasteiger partial charge is 0.269 e. The van der Waals surface area contributed by atoms with Crippen molar-refractivity contribution in [3.05, 3.63) is 97.3 Å². The molecule has 0 radical (unpaired) electrons. The fourth-order valence-electron chi connectivity index (χ4n) is 2.92. The molecule has 9 heteroatoms. The van der Waals surface area contributed by atoms with Crippen LogP contribution in [0.25, 0.3) is 17.1 Å². The zero-order chi connectivity index (χ0) is 22.5. The highest BCUT2D eigenvalue weighted by Crippen LogP contribution is 2.31. The van der Waals surface area contributed by atoms with Crippen molar-refractivity contribution in [2.75, 3.05) is 0 Å². The van der Waals surface area contributed by atoms with Gasteiger partial charge >= 0.3 is 0 Å². The Morgan fingerprint density at radius 3 is 2.69 bits per heavy atom. The Hall–Kier alpha value is -3.61. The third-order valence-corrected chi connectivity index (χ3v) is 5.92. The minimum absolute atomic E-state index is 0.0416. The molecular formula is C23H15BrN4O3S. The fourth-order valence-corrected chi connectivity index (χ4v) is 4.18. The molecule has 0 bridgehead atoms. The number of ether oxygens (including phenoxy) is 1. The number of thioether (sulfide) groups is 1. The van der Waals surface area contributed by atoms with E-state index in [4.69, 9.17) is 4.74 Å². The van der Waals surface area contributed by atoms with Gasteiger partial charge in [-0.3, -0.25) is 10.1 Å². The fraction of sp³-hybridized carbons (Fsp3) is 0.0435. The minimum Gasteiger partial charge on any atom is -0.488 e. The number of aromatic nitrogens is 2. The van der Waals surface area contributed by atoms with Crippen LogP contribution in [0.4, 0.5) is 5.69 Å². The largest absolute Gasteiger partial charge is 0.488 e. The molecule has 0 aliphatic rings. The molecular weight excluding hydrogens is 492 g/mol. The molecule has 4 aromatic rings. The van der Waals surface area contributed by atoms with Crippen LogP contribution in [-0.4, -0.2) is 14.9 Å². The molecule has 0 unspecified atom stereocenters. The first-order valence-corrected chi connectivity index (χ1v) is 11.0. The average Bonchev–Trinajstić information content (AvgIpc) is 3.20. The molecule has 1 aromatic heterocycles. The Kier molecular flexibility index (Phi) is 6.54. The quantitative estimate of drug-likeness (QED) is 0.133. The predicted molar refractivity (Wildman–Crippen MR) is 127 cm³/mol. The summed E-state index contributed by atoms with van der Waals surface area (Å²) < 4.78 is 6.55. The monoisotopic (exact) mass is 506 g/mol. The summed E-state index contributed by atoms with van der Waals surface area (Å²) in [7, 11) is 0. The number of hydrogen-bond acceptors (Lipinski definition) is 6. The Bertz CT molecular complexity index is 1330. The number of nitriles is 1. The van der Waals surface area contributed by atoms with Gasteiger partial charge in [-0.25, -0.2) is 4.98 Å². The van der Waals surface area contributed by atoms with Crippen molar-refractivity contribution < 1.29 is 9.66 Å². The maximum Gasteiger partial charge on any atom is 0.269 e. The summed E-state index contributed by atoms with van der Waals surface area (Å²) in [5.41, 5.74) is 3.47. The van der Waals surface area contributed by atoms with E-state index < -0.39 is 4.92 Å². The molecule has 0 saturated heterocycles. The number of nitrogens with one attached hydrogen (secondary N) is 1. The highest BCUT2D eigenvalue weighted by Gasteiger charge is 2.09. The molecule has 0 atom stereocenters. The van der Waals surface area contributed by atoms with E-state index in [1.165, 1.54) is 23.9 Å². The number of benzene rings is 3. The van der Waals surface area contributed by atoms with E-state index in [-0.39, 0.29) is 12.3 Å². The number of aromatic amines is 1. The lowest BCUT2D eigenvalue weighted by molar-refractivity contribution is -0.384. The summed E-state index contributed by atoms with van der Waals surface area (Å²) in [6, 6.07) is 21.7. The first kappa shape index (κ1) is 21.6. The van der Waals surface area contributed by atoms with Crippen LogP contribution in [0.1, 0.15) is 11.1 Å². The molecule has 0 saturated carbocycles. The van der Waals surface area contributed by atoms with E-state index in [2.05, 4.69) is 32.0 Å². The summed E-state index contributed by atoms with van der Waals surface area (Å²) in [6.07, 6.45) is 1.78. The molecule has 158 valence electrons. The van der Waals surface area contributed by atoms with Gasteiger partial charge in [0, 0.05) is 12.1 Å². The summed E-state index contributed by atoms with van der Waals surface area (Å²) in [5, 5.41) is 21.0. The Labute approximate surface area is 196 Å². The van der Waals surface area contributed by atoms with Crippen LogP contribution in [0.15, 0.2) is 81.3 Å². The van der Waals surface area contributed by atoms with Gasteiger partial charge in [-0.2, -0.15) is 5.26 Å². The second kappa shape index (κ2) is 9.68. The zero-order valence-corrected chi connectivity index (χ0v) is 18.9. The van der Waals surface area contributed by atoms with E-state index in [1.807, 2.05) is 42.5 Å². The number of non-ortho nitro benzene ring substituents is 1. The average molecular weight is 507 g/mol. The Morgan fingerprint density at radius 1 is 1.22 bits per heavy atom. The van der Waals surface area contributed by atoms with Gasteiger partial charge < -0.3 is 9.72 Å². The zero-order valence-electron chi connectivity index (χ0n) is 16.5. The van der Waals surface area contributed by atoms with Crippen molar-refractivity contribution in [1.29, 1.82) is 5.26 Å². The molecule has 0 aliphatic carbocycles. The molecule has 4 rings (SSSR count). The second-order valence-corrected chi connectivity index (χ2v) is 8.57. The van der Waals surface area contributed by atoms with Crippen LogP contribution >= 0.6 is 27.7 Å². The van der Waals surface area contributed by atoms with E-state index >= 15 is 0 Å². The van der Waals surface area contributed by atoms with Crippen LogP contribution < -0.4 is 4.74 Å². The normalized spacial score (nSPS) is 11.3. The number of fused-ring (bicyclic) bond motifs is 1. The lowest BCUT2D eigenvalue weighted by atomic mass is 10.2. The van der Waals surface area contributed by atoms with Gasteiger partial charge in [0.15, 0.2) is 5.16 Å². The van der Waals surface area contributed by atoms with Crippen molar-refractivity contribution in [3.63, 3.8) is 0 Å². The lowest BCUT2D eigenvalue weighted by Crippen LogP contribution is -1.97. The number of halogens is 1. The third kappa shape index (κ3) is 5.17. The molecule has 1 N–H and O–H groups in total. The highest BCUT2D eigenvalue weighted by atomic mass is 79.9. The number of rotatable bonds is 7. The summed E-state index contributed by atoms with van der Waals surface area (Å²) in [4.78, 5) is 18.5. The lowest BCUT2D eigenvalue weighted by Gasteiger charge is -2.09. The van der Waals surface area contributed by atoms with Gasteiger partial charge in [0.25, 0.3) is 5.69 Å². The molecule has 0 spiro atoms. The standard InChI is InChI=1S/C23H15BrN4O3S/c24-19-12-16(7-10-22(19)31-14-15-5-8-17(9-6-15)28(29)30)11-18(13-25)32-23-26-20-3-1-2-4-21(20)27-23/h1-12H,14H2,(H,26,27)/b18-11+. The molecule has 0 amide bonds. The van der Waals surface area contributed by atoms with Crippen molar-refractivity contribution in [2.24, 2.45) is 0 Å². The van der Waals surface area contributed by atoms with Crippen LogP contribution in [-0.2, 0) is 6.61 Å². The first-order valence-electron chi connectivity index (χ1n) is 9.42. The number of para-hydroxylation sites is 2. The van der Waals surface area contributed by atoms with Crippen molar-refractivity contribution in [2.45, 2.75) is 11.8 Å². The van der Waals surface area contributed by atoms with Gasteiger partial charge in [0.1, 0.15) is 18.4 Å². The molecule has 0 aliphatic heterocycles. The molecule has 32 heavy (non-hydrogen) atoms. The van der Waals surface area contributed by atoms with Gasteiger partial charge in [0.2, 0.25) is 0 Å². The minimum atomic E-state index is -0.435. The maximum absolute atomic E-state index is 10.7. The summed E-state index contributed by atoms with van der Waals surface area (Å²) in [6.45, 7) is 0.275. The number of nitro groups is 1. The van der Waals surface area contributed by atoms with Crippen LogP contribution in [0.5, 0.6) is 5.75 Å². The second-order valence-electron chi connectivity index (χ2n) is 6.68. The van der Waals surface area contributed by atoms with E-state index in [0.717, 1.165) is 26.6 Å². The van der Waals surface area contributed by atoms with Gasteiger partial charge in [-0.05, 0) is 81.3 Å². The molecule has 1 heterocycles. The number of nitro benzene ring substituents is 1. The Morgan fingerprint density at radius 2 is 2.00 bits per heavy atom. The van der Waals surface area contributed by atoms with Crippen LogP contribution in [0, 0.1) is 21.4 Å². The van der Waals surface area contributed by atoms with Crippen molar-refractivity contribution >= 4 is 50.5 Å². The summed E-state index contributed by atoms with van der Waals surface area (Å²) in [5.74, 6) is 0.629. The topological polar surface area (TPSA) is 105 Å². The molecule has 0 fully saturated rings.